The average molecular weight is 381 g/mol. The van der Waals surface area contributed by atoms with Crippen LogP contribution >= 0.6 is 0 Å². The third-order valence-electron chi connectivity index (χ3n) is 3.94. The van der Waals surface area contributed by atoms with Gasteiger partial charge in [0.1, 0.15) is 5.82 Å². The first kappa shape index (κ1) is 18.9. The molecule has 1 aliphatic rings. The highest BCUT2D eigenvalue weighted by Crippen LogP contribution is 2.27. The maximum Gasteiger partial charge on any atom is 0.422 e. The molecule has 10 heteroatoms. The molecule has 0 atom stereocenters. The molecular formula is C17H18F3N5O2. The van der Waals surface area contributed by atoms with E-state index in [1.807, 2.05) is 4.90 Å². The van der Waals surface area contributed by atoms with Gasteiger partial charge in [0.2, 0.25) is 5.88 Å². The second kappa shape index (κ2) is 7.78. The molecular weight excluding hydrogens is 363 g/mol. The van der Waals surface area contributed by atoms with Gasteiger partial charge >= 0.3 is 6.18 Å². The second-order valence-electron chi connectivity index (χ2n) is 5.86. The second-order valence-corrected chi connectivity index (χ2v) is 5.86. The summed E-state index contributed by atoms with van der Waals surface area (Å²) in [6, 6.07) is 4.69. The number of ether oxygens (including phenoxy) is 2. The Morgan fingerprint density at radius 1 is 1.22 bits per heavy atom. The number of nitrogen functional groups attached to an aromatic ring is 1. The Labute approximate surface area is 153 Å². The molecule has 0 saturated carbocycles. The largest absolute Gasteiger partial charge is 0.467 e. The van der Waals surface area contributed by atoms with Crippen molar-refractivity contribution < 1.29 is 22.6 Å². The van der Waals surface area contributed by atoms with Gasteiger partial charge in [0.05, 0.1) is 24.5 Å². The molecule has 2 aromatic rings. The van der Waals surface area contributed by atoms with E-state index in [0.717, 1.165) is 0 Å². The van der Waals surface area contributed by atoms with E-state index >= 15 is 0 Å². The predicted molar refractivity (Wildman–Crippen MR) is 93.4 cm³/mol. The minimum Gasteiger partial charge on any atom is -0.467 e. The summed E-state index contributed by atoms with van der Waals surface area (Å²) in [5.74, 6) is 0.322. The summed E-state index contributed by atoms with van der Waals surface area (Å²) >= 11 is 0. The van der Waals surface area contributed by atoms with E-state index in [1.54, 1.807) is 12.1 Å². The fraction of sp³-hybridized carbons (Fsp3) is 0.353. The maximum atomic E-state index is 12.5. The van der Waals surface area contributed by atoms with Crippen LogP contribution in [-0.2, 0) is 4.74 Å². The Bertz CT molecular complexity index is 822. The highest BCUT2D eigenvalue weighted by Gasteiger charge is 2.30. The summed E-state index contributed by atoms with van der Waals surface area (Å²) < 4.78 is 47.6. The van der Waals surface area contributed by atoms with E-state index in [4.69, 9.17) is 20.6 Å². The minimum absolute atomic E-state index is 0.0147. The third-order valence-corrected chi connectivity index (χ3v) is 3.94. The van der Waals surface area contributed by atoms with Crippen LogP contribution in [-0.4, -0.2) is 54.8 Å². The lowest BCUT2D eigenvalue weighted by Crippen LogP contribution is -2.36. The normalized spacial score (nSPS) is 14.9. The van der Waals surface area contributed by atoms with E-state index in [9.17, 15) is 13.2 Å². The number of morpholine rings is 1. The van der Waals surface area contributed by atoms with Crippen molar-refractivity contribution in [3.63, 3.8) is 0 Å². The van der Waals surface area contributed by atoms with E-state index in [2.05, 4.69) is 9.97 Å². The van der Waals surface area contributed by atoms with E-state index < -0.39 is 12.8 Å². The number of aromatic nitrogens is 2. The molecule has 1 saturated heterocycles. The zero-order valence-electron chi connectivity index (χ0n) is 14.3. The zero-order valence-corrected chi connectivity index (χ0v) is 14.3. The number of alkyl halides is 3. The van der Waals surface area contributed by atoms with Gasteiger partial charge in [0, 0.05) is 36.7 Å². The van der Waals surface area contributed by atoms with Crippen LogP contribution in [0, 0.1) is 5.41 Å². The molecule has 0 bridgehead atoms. The Kier molecular flexibility index (Phi) is 5.45. The summed E-state index contributed by atoms with van der Waals surface area (Å²) in [6.45, 7) is 0.972. The summed E-state index contributed by atoms with van der Waals surface area (Å²) in [5.41, 5.74) is 6.38. The van der Waals surface area contributed by atoms with Gasteiger partial charge in [-0.05, 0) is 18.2 Å². The molecule has 144 valence electrons. The molecule has 1 aliphatic heterocycles. The van der Waals surface area contributed by atoms with Gasteiger partial charge in [-0.2, -0.15) is 13.2 Å². The minimum atomic E-state index is -4.52. The molecule has 0 amide bonds. The van der Waals surface area contributed by atoms with Crippen LogP contribution < -0.4 is 15.4 Å². The average Bonchev–Trinajstić information content (AvgIpc) is 2.66. The van der Waals surface area contributed by atoms with Crippen molar-refractivity contribution in [2.24, 2.45) is 0 Å². The number of pyridine rings is 2. The number of nitrogens with one attached hydrogen (secondary N) is 1. The molecule has 3 heterocycles. The highest BCUT2D eigenvalue weighted by atomic mass is 19.4. The van der Waals surface area contributed by atoms with Crippen molar-refractivity contribution in [2.75, 3.05) is 43.5 Å². The smallest absolute Gasteiger partial charge is 0.422 e. The molecule has 1 fully saturated rings. The van der Waals surface area contributed by atoms with Crippen molar-refractivity contribution in [1.29, 1.82) is 5.41 Å². The number of anilines is 2. The predicted octanol–water partition coefficient (Wildman–Crippen LogP) is 2.25. The molecule has 0 aromatic carbocycles. The Morgan fingerprint density at radius 2 is 1.93 bits per heavy atom. The van der Waals surface area contributed by atoms with Gasteiger partial charge < -0.3 is 20.1 Å². The lowest BCUT2D eigenvalue weighted by atomic mass is 10.0. The Morgan fingerprint density at radius 3 is 2.63 bits per heavy atom. The van der Waals surface area contributed by atoms with Crippen molar-refractivity contribution in [3.8, 4) is 5.88 Å². The zero-order chi connectivity index (χ0) is 19.4. The van der Waals surface area contributed by atoms with Crippen LogP contribution in [0.5, 0.6) is 5.88 Å². The quantitative estimate of drug-likeness (QED) is 0.771. The van der Waals surface area contributed by atoms with E-state index in [-0.39, 0.29) is 22.8 Å². The van der Waals surface area contributed by atoms with Gasteiger partial charge in [-0.3, -0.25) is 5.41 Å². The number of hydrogen-bond donors (Lipinski definition) is 2. The van der Waals surface area contributed by atoms with Crippen LogP contribution in [0.15, 0.2) is 30.6 Å². The Hall–Kier alpha value is -2.88. The SMILES string of the molecule is N=C(c1ccnc(N2CCOCC2)c1)c1c(N)ccnc1OCC(F)(F)F. The molecule has 7 nitrogen and oxygen atoms in total. The lowest BCUT2D eigenvalue weighted by molar-refractivity contribution is -0.154. The lowest BCUT2D eigenvalue weighted by Gasteiger charge is -2.28. The number of nitrogens with two attached hydrogens (primary N) is 1. The molecule has 3 rings (SSSR count). The molecule has 0 radical (unpaired) electrons. The van der Waals surface area contributed by atoms with Crippen molar-refractivity contribution in [3.05, 3.63) is 41.7 Å². The maximum absolute atomic E-state index is 12.5. The van der Waals surface area contributed by atoms with E-state index in [0.29, 0.717) is 37.7 Å². The number of hydrogen-bond acceptors (Lipinski definition) is 7. The first-order valence-electron chi connectivity index (χ1n) is 8.17. The summed E-state index contributed by atoms with van der Waals surface area (Å²) in [5, 5.41) is 8.45. The molecule has 2 aromatic heterocycles. The Balaban J connectivity index is 1.89. The van der Waals surface area contributed by atoms with Gasteiger partial charge in [-0.15, -0.1) is 0 Å². The first-order valence-corrected chi connectivity index (χ1v) is 8.17. The highest BCUT2D eigenvalue weighted by molar-refractivity contribution is 6.15. The topological polar surface area (TPSA) is 97.4 Å². The number of halogens is 3. The van der Waals surface area contributed by atoms with Crippen LogP contribution in [0.4, 0.5) is 24.7 Å². The number of nitrogens with zero attached hydrogens (tertiary/aromatic N) is 3. The van der Waals surface area contributed by atoms with Gasteiger partial charge in [-0.1, -0.05) is 0 Å². The molecule has 27 heavy (non-hydrogen) atoms. The summed E-state index contributed by atoms with van der Waals surface area (Å²) in [6.07, 6.45) is -1.74. The summed E-state index contributed by atoms with van der Waals surface area (Å²) in [4.78, 5) is 10.1. The molecule has 0 aliphatic carbocycles. The fourth-order valence-corrected chi connectivity index (χ4v) is 2.65. The van der Waals surface area contributed by atoms with Crippen molar-refractivity contribution in [2.45, 2.75) is 6.18 Å². The van der Waals surface area contributed by atoms with Gasteiger partial charge in [-0.25, -0.2) is 9.97 Å². The first-order chi connectivity index (χ1) is 12.8. The van der Waals surface area contributed by atoms with Crippen LogP contribution in [0.25, 0.3) is 0 Å². The van der Waals surface area contributed by atoms with Gasteiger partial charge in [0.15, 0.2) is 6.61 Å². The standard InChI is InChI=1S/C17H18F3N5O2/c18-17(19,20)10-27-16-14(12(21)2-4-24-16)15(22)11-1-3-23-13(9-11)25-5-7-26-8-6-25/h1-4,9,22H,5-8,10H2,(H2,21,24). The molecule has 0 spiro atoms. The third kappa shape index (κ3) is 4.64. The fourth-order valence-electron chi connectivity index (χ4n) is 2.65. The van der Waals surface area contributed by atoms with Crippen LogP contribution in [0.2, 0.25) is 0 Å². The van der Waals surface area contributed by atoms with Gasteiger partial charge in [0.25, 0.3) is 0 Å². The van der Waals surface area contributed by atoms with Crippen molar-refractivity contribution in [1.82, 2.24) is 9.97 Å². The molecule has 0 unspecified atom stereocenters. The molecule has 3 N–H and O–H groups in total. The number of rotatable bonds is 5. The van der Waals surface area contributed by atoms with E-state index in [1.165, 1.54) is 18.5 Å². The van der Waals surface area contributed by atoms with Crippen LogP contribution in [0.3, 0.4) is 0 Å². The summed E-state index contributed by atoms with van der Waals surface area (Å²) in [7, 11) is 0. The monoisotopic (exact) mass is 381 g/mol. The van der Waals surface area contributed by atoms with Crippen molar-refractivity contribution >= 4 is 17.2 Å². The van der Waals surface area contributed by atoms with Crippen LogP contribution in [0.1, 0.15) is 11.1 Å².